The van der Waals surface area contributed by atoms with Crippen LogP contribution in [-0.4, -0.2) is 27.1 Å². The van der Waals surface area contributed by atoms with E-state index in [0.717, 1.165) is 0 Å². The number of carboxylic acids is 2. The molecule has 0 saturated heterocycles. The Labute approximate surface area is 136 Å². The fraction of sp³-hybridized carbons (Fsp3) is 0.133. The van der Waals surface area contributed by atoms with Gasteiger partial charge in [0.25, 0.3) is 0 Å². The van der Waals surface area contributed by atoms with Crippen LogP contribution in [0.5, 0.6) is 0 Å². The number of aromatic carboxylic acids is 2. The fourth-order valence-electron chi connectivity index (χ4n) is 2.34. The number of carboxylic acid groups (broad SMARTS) is 2. The van der Waals surface area contributed by atoms with Crippen LogP contribution in [0.15, 0.2) is 18.2 Å². The van der Waals surface area contributed by atoms with Crippen LogP contribution >= 0.6 is 23.2 Å². The van der Waals surface area contributed by atoms with E-state index in [1.165, 1.54) is 26.0 Å². The monoisotopic (exact) mass is 339 g/mol. The third-order valence-corrected chi connectivity index (χ3v) is 4.03. The summed E-state index contributed by atoms with van der Waals surface area (Å²) in [5.41, 5.74) is 0.275. The first-order valence-electron chi connectivity index (χ1n) is 6.17. The van der Waals surface area contributed by atoms with E-state index in [-0.39, 0.29) is 43.7 Å². The number of aryl methyl sites for hydroxylation is 2. The van der Waals surface area contributed by atoms with Gasteiger partial charge in [0.15, 0.2) is 0 Å². The largest absolute Gasteiger partial charge is 0.478 e. The molecule has 0 unspecified atom stereocenters. The first-order chi connectivity index (χ1) is 10.3. The highest BCUT2D eigenvalue weighted by Gasteiger charge is 2.27. The Balaban J connectivity index is 3.03. The molecule has 1 aromatic heterocycles. The van der Waals surface area contributed by atoms with Crippen LogP contribution in [-0.2, 0) is 0 Å². The lowest BCUT2D eigenvalue weighted by molar-refractivity contribution is 0.0695. The predicted molar refractivity (Wildman–Crippen MR) is 83.1 cm³/mol. The second kappa shape index (κ2) is 5.94. The van der Waals surface area contributed by atoms with Crippen LogP contribution in [0, 0.1) is 13.8 Å². The van der Waals surface area contributed by atoms with E-state index < -0.39 is 11.9 Å². The minimum Gasteiger partial charge on any atom is -0.478 e. The van der Waals surface area contributed by atoms with Gasteiger partial charge in [0.1, 0.15) is 0 Å². The molecule has 0 aliphatic heterocycles. The van der Waals surface area contributed by atoms with E-state index in [9.17, 15) is 19.8 Å². The van der Waals surface area contributed by atoms with Crippen molar-refractivity contribution in [2.75, 3.05) is 0 Å². The molecule has 0 saturated carbocycles. The SMILES string of the molecule is Cc1nc(C)c(C(=O)O)c(-c2cccc(Cl)c2Cl)c1C(=O)O. The van der Waals surface area contributed by atoms with Crippen molar-refractivity contribution < 1.29 is 19.8 Å². The number of carbonyl (C=O) groups is 2. The normalized spacial score (nSPS) is 10.5. The minimum absolute atomic E-state index is 0.0116. The van der Waals surface area contributed by atoms with Crippen molar-refractivity contribution in [2.24, 2.45) is 0 Å². The zero-order chi connectivity index (χ0) is 16.6. The maximum atomic E-state index is 11.6. The Morgan fingerprint density at radius 2 is 1.50 bits per heavy atom. The van der Waals surface area contributed by atoms with Crippen molar-refractivity contribution in [2.45, 2.75) is 13.8 Å². The van der Waals surface area contributed by atoms with Gasteiger partial charge in [-0.05, 0) is 19.9 Å². The van der Waals surface area contributed by atoms with Gasteiger partial charge in [-0.1, -0.05) is 35.3 Å². The molecule has 5 nitrogen and oxygen atoms in total. The van der Waals surface area contributed by atoms with Crippen molar-refractivity contribution in [3.05, 3.63) is 50.8 Å². The van der Waals surface area contributed by atoms with Gasteiger partial charge >= 0.3 is 11.9 Å². The molecule has 0 radical (unpaired) electrons. The Morgan fingerprint density at radius 1 is 1.00 bits per heavy atom. The van der Waals surface area contributed by atoms with Crippen molar-refractivity contribution >= 4 is 35.1 Å². The molecule has 2 aromatic rings. The summed E-state index contributed by atoms with van der Waals surface area (Å²) in [4.78, 5) is 27.2. The second-order valence-electron chi connectivity index (χ2n) is 4.62. The van der Waals surface area contributed by atoms with Crippen LogP contribution in [0.3, 0.4) is 0 Å². The molecule has 0 aliphatic rings. The van der Waals surface area contributed by atoms with Gasteiger partial charge in [-0.15, -0.1) is 0 Å². The van der Waals surface area contributed by atoms with Gasteiger partial charge < -0.3 is 10.2 Å². The average Bonchev–Trinajstić information content (AvgIpc) is 2.39. The number of pyridine rings is 1. The van der Waals surface area contributed by atoms with Crippen LogP contribution in [0.25, 0.3) is 11.1 Å². The van der Waals surface area contributed by atoms with Crippen LogP contribution < -0.4 is 0 Å². The molecule has 0 aliphatic carbocycles. The lowest BCUT2D eigenvalue weighted by Crippen LogP contribution is -2.13. The van der Waals surface area contributed by atoms with Gasteiger partial charge in [-0.25, -0.2) is 9.59 Å². The maximum Gasteiger partial charge on any atom is 0.338 e. The Kier molecular flexibility index (Phi) is 4.39. The molecule has 1 aromatic carbocycles. The highest BCUT2D eigenvalue weighted by Crippen LogP contribution is 2.38. The fourth-order valence-corrected chi connectivity index (χ4v) is 2.73. The quantitative estimate of drug-likeness (QED) is 0.879. The molecule has 0 spiro atoms. The van der Waals surface area contributed by atoms with Crippen molar-refractivity contribution in [1.82, 2.24) is 4.98 Å². The summed E-state index contributed by atoms with van der Waals surface area (Å²) in [5.74, 6) is -2.56. The molecule has 2 N–H and O–H groups in total. The third kappa shape index (κ3) is 2.65. The van der Waals surface area contributed by atoms with Gasteiger partial charge in [0.2, 0.25) is 0 Å². The molecule has 114 valence electrons. The molecule has 0 atom stereocenters. The molecule has 0 amide bonds. The molecule has 22 heavy (non-hydrogen) atoms. The van der Waals surface area contributed by atoms with Crippen molar-refractivity contribution in [1.29, 1.82) is 0 Å². The molecule has 2 rings (SSSR count). The van der Waals surface area contributed by atoms with Gasteiger partial charge in [0.05, 0.1) is 32.6 Å². The number of benzene rings is 1. The van der Waals surface area contributed by atoms with E-state index in [2.05, 4.69) is 4.98 Å². The Hall–Kier alpha value is -2.11. The standard InChI is InChI=1S/C15H11Cl2NO4/c1-6-10(14(19)20)12(11(15(21)22)7(2)18-6)8-4-3-5-9(16)13(8)17/h3-5H,1-2H3,(H,19,20)(H,21,22). The van der Waals surface area contributed by atoms with Gasteiger partial charge in [-0.3, -0.25) is 4.98 Å². The molecule has 7 heteroatoms. The topological polar surface area (TPSA) is 87.5 Å². The molecular weight excluding hydrogens is 329 g/mol. The predicted octanol–water partition coefficient (Wildman–Crippen LogP) is 4.07. The number of aromatic nitrogens is 1. The minimum atomic E-state index is -1.28. The van der Waals surface area contributed by atoms with Gasteiger partial charge in [-0.2, -0.15) is 0 Å². The Bertz CT molecular complexity index is 764. The number of nitrogens with zero attached hydrogens (tertiary/aromatic N) is 1. The molecule has 0 fully saturated rings. The van der Waals surface area contributed by atoms with Gasteiger partial charge in [0, 0.05) is 11.1 Å². The second-order valence-corrected chi connectivity index (χ2v) is 5.40. The Morgan fingerprint density at radius 3 is 1.95 bits per heavy atom. The van der Waals surface area contributed by atoms with E-state index in [4.69, 9.17) is 23.2 Å². The van der Waals surface area contributed by atoms with E-state index in [0.29, 0.717) is 0 Å². The molecule has 0 bridgehead atoms. The highest BCUT2D eigenvalue weighted by atomic mass is 35.5. The summed E-state index contributed by atoms with van der Waals surface area (Å²) < 4.78 is 0. The smallest absolute Gasteiger partial charge is 0.338 e. The van der Waals surface area contributed by atoms with Crippen LogP contribution in [0.2, 0.25) is 10.0 Å². The number of hydrogen-bond donors (Lipinski definition) is 2. The lowest BCUT2D eigenvalue weighted by Gasteiger charge is -2.16. The van der Waals surface area contributed by atoms with E-state index in [1.807, 2.05) is 0 Å². The zero-order valence-electron chi connectivity index (χ0n) is 11.6. The van der Waals surface area contributed by atoms with Crippen LogP contribution in [0.4, 0.5) is 0 Å². The number of rotatable bonds is 3. The summed E-state index contributed by atoms with van der Waals surface area (Å²) >= 11 is 12.1. The maximum absolute atomic E-state index is 11.6. The third-order valence-electron chi connectivity index (χ3n) is 3.21. The summed E-state index contributed by atoms with van der Waals surface area (Å²) in [7, 11) is 0. The van der Waals surface area contributed by atoms with E-state index in [1.54, 1.807) is 6.07 Å². The van der Waals surface area contributed by atoms with Crippen LogP contribution in [0.1, 0.15) is 32.1 Å². The summed E-state index contributed by atoms with van der Waals surface area (Å²) in [5, 5.41) is 19.2. The summed E-state index contributed by atoms with van der Waals surface area (Å²) in [6.07, 6.45) is 0. The van der Waals surface area contributed by atoms with Crippen molar-refractivity contribution in [3.8, 4) is 11.1 Å². The van der Waals surface area contributed by atoms with E-state index >= 15 is 0 Å². The lowest BCUT2D eigenvalue weighted by atomic mass is 9.92. The molecular formula is C15H11Cl2NO4. The highest BCUT2D eigenvalue weighted by molar-refractivity contribution is 6.44. The summed E-state index contributed by atoms with van der Waals surface area (Å²) in [6, 6.07) is 4.64. The zero-order valence-corrected chi connectivity index (χ0v) is 13.2. The number of halogens is 2. The molecule has 1 heterocycles. The van der Waals surface area contributed by atoms with Crippen molar-refractivity contribution in [3.63, 3.8) is 0 Å². The number of hydrogen-bond acceptors (Lipinski definition) is 3. The average molecular weight is 340 g/mol. The first-order valence-corrected chi connectivity index (χ1v) is 6.93. The summed E-state index contributed by atoms with van der Waals surface area (Å²) in [6.45, 7) is 3.01. The first kappa shape index (κ1) is 16.3.